The van der Waals surface area contributed by atoms with E-state index in [0.717, 1.165) is 5.69 Å². The molecule has 0 atom stereocenters. The first-order valence-electron chi connectivity index (χ1n) is 5.09. The fourth-order valence-electron chi connectivity index (χ4n) is 1.53. The van der Waals surface area contributed by atoms with Crippen LogP contribution in [0, 0.1) is 0 Å². The maximum Gasteiger partial charge on any atom is 0.317 e. The van der Waals surface area contributed by atoms with E-state index < -0.39 is 0 Å². The first-order chi connectivity index (χ1) is 7.36. The maximum absolute atomic E-state index is 11.6. The van der Waals surface area contributed by atoms with Crippen molar-refractivity contribution < 1.29 is 9.53 Å². The van der Waals surface area contributed by atoms with Crippen LogP contribution < -0.4 is 5.32 Å². The smallest absolute Gasteiger partial charge is 0.317 e. The molecule has 2 N–H and O–H groups in total. The van der Waals surface area contributed by atoms with Crippen molar-refractivity contribution in [3.63, 3.8) is 0 Å². The van der Waals surface area contributed by atoms with E-state index in [2.05, 4.69) is 10.3 Å². The molecule has 1 aliphatic heterocycles. The van der Waals surface area contributed by atoms with Gasteiger partial charge in [-0.1, -0.05) is 0 Å². The summed E-state index contributed by atoms with van der Waals surface area (Å²) >= 11 is 0. The maximum atomic E-state index is 11.6. The predicted molar refractivity (Wildman–Crippen MR) is 55.4 cm³/mol. The Balaban J connectivity index is 1.76. The van der Waals surface area contributed by atoms with E-state index in [1.54, 1.807) is 4.90 Å². The van der Waals surface area contributed by atoms with Gasteiger partial charge in [-0.25, -0.2) is 4.79 Å². The van der Waals surface area contributed by atoms with E-state index >= 15 is 0 Å². The zero-order chi connectivity index (χ0) is 10.5. The first kappa shape index (κ1) is 10.0. The number of carbonyl (C=O) groups excluding carboxylic acids is 1. The second kappa shape index (κ2) is 4.84. The molecule has 0 spiro atoms. The summed E-state index contributed by atoms with van der Waals surface area (Å²) in [4.78, 5) is 16.4. The summed E-state index contributed by atoms with van der Waals surface area (Å²) in [6.07, 6.45) is 1.84. The van der Waals surface area contributed by atoms with Gasteiger partial charge in [-0.2, -0.15) is 0 Å². The Kier molecular flexibility index (Phi) is 3.24. The Bertz CT molecular complexity index is 304. The highest BCUT2D eigenvalue weighted by atomic mass is 16.5. The number of nitrogens with zero attached hydrogens (tertiary/aromatic N) is 1. The molecule has 2 rings (SSSR count). The summed E-state index contributed by atoms with van der Waals surface area (Å²) in [6.45, 7) is 3.17. The molecule has 1 aromatic heterocycles. The van der Waals surface area contributed by atoms with Crippen LogP contribution in [0.15, 0.2) is 18.3 Å². The molecule has 1 fully saturated rings. The molecule has 0 aromatic carbocycles. The van der Waals surface area contributed by atoms with Gasteiger partial charge in [0.1, 0.15) is 0 Å². The fraction of sp³-hybridized carbons (Fsp3) is 0.500. The quantitative estimate of drug-likeness (QED) is 0.747. The molecule has 5 heteroatoms. The van der Waals surface area contributed by atoms with Gasteiger partial charge in [-0.3, -0.25) is 0 Å². The highest BCUT2D eigenvalue weighted by Gasteiger charge is 2.15. The Morgan fingerprint density at radius 3 is 3.00 bits per heavy atom. The summed E-state index contributed by atoms with van der Waals surface area (Å²) in [5, 5.41) is 2.85. The van der Waals surface area contributed by atoms with Crippen LogP contribution in [0.2, 0.25) is 0 Å². The number of H-pyrrole nitrogens is 1. The normalized spacial score (nSPS) is 16.4. The van der Waals surface area contributed by atoms with E-state index in [9.17, 15) is 4.79 Å². The second-order valence-corrected chi connectivity index (χ2v) is 3.45. The number of rotatable bonds is 2. The summed E-state index contributed by atoms with van der Waals surface area (Å²) in [7, 11) is 0. The van der Waals surface area contributed by atoms with Crippen molar-refractivity contribution in [2.45, 2.75) is 6.54 Å². The highest BCUT2D eigenvalue weighted by molar-refractivity contribution is 5.74. The number of aromatic amines is 1. The predicted octanol–water partition coefficient (Wildman–Crippen LogP) is 0.556. The van der Waals surface area contributed by atoms with Crippen molar-refractivity contribution in [1.29, 1.82) is 0 Å². The van der Waals surface area contributed by atoms with Crippen molar-refractivity contribution in [1.82, 2.24) is 15.2 Å². The molecular weight excluding hydrogens is 194 g/mol. The molecule has 0 aliphatic carbocycles. The van der Waals surface area contributed by atoms with Crippen LogP contribution in [-0.4, -0.2) is 42.2 Å². The summed E-state index contributed by atoms with van der Waals surface area (Å²) < 4.78 is 5.17. The SMILES string of the molecule is O=C(NCc1ccc[nH]1)N1CCOCC1. The largest absolute Gasteiger partial charge is 0.378 e. The van der Waals surface area contributed by atoms with E-state index in [1.807, 2.05) is 18.3 Å². The first-order valence-corrected chi connectivity index (χ1v) is 5.09. The van der Waals surface area contributed by atoms with E-state index in [0.29, 0.717) is 32.8 Å². The lowest BCUT2D eigenvalue weighted by atomic mass is 10.4. The molecule has 0 unspecified atom stereocenters. The molecule has 0 saturated carbocycles. The Hall–Kier alpha value is -1.49. The summed E-state index contributed by atoms with van der Waals surface area (Å²) in [5.74, 6) is 0. The van der Waals surface area contributed by atoms with Crippen LogP contribution in [0.25, 0.3) is 0 Å². The Labute approximate surface area is 88.4 Å². The minimum Gasteiger partial charge on any atom is -0.378 e. The number of carbonyl (C=O) groups is 1. The zero-order valence-electron chi connectivity index (χ0n) is 8.53. The minimum absolute atomic E-state index is 0.0205. The van der Waals surface area contributed by atoms with Crippen molar-refractivity contribution in [2.75, 3.05) is 26.3 Å². The van der Waals surface area contributed by atoms with Gasteiger partial charge < -0.3 is 19.9 Å². The van der Waals surface area contributed by atoms with E-state index in [1.165, 1.54) is 0 Å². The summed E-state index contributed by atoms with van der Waals surface area (Å²) in [5.41, 5.74) is 1.01. The van der Waals surface area contributed by atoms with Gasteiger partial charge in [0, 0.05) is 25.0 Å². The number of nitrogens with one attached hydrogen (secondary N) is 2. The van der Waals surface area contributed by atoms with E-state index in [-0.39, 0.29) is 6.03 Å². The van der Waals surface area contributed by atoms with E-state index in [4.69, 9.17) is 4.74 Å². The average Bonchev–Trinajstić information content (AvgIpc) is 2.80. The van der Waals surface area contributed by atoms with Gasteiger partial charge in [0.25, 0.3) is 0 Å². The number of ether oxygens (including phenoxy) is 1. The molecule has 1 aliphatic rings. The molecule has 15 heavy (non-hydrogen) atoms. The van der Waals surface area contributed by atoms with Crippen LogP contribution in [0.5, 0.6) is 0 Å². The highest BCUT2D eigenvalue weighted by Crippen LogP contribution is 1.98. The molecule has 0 radical (unpaired) electrons. The van der Waals surface area contributed by atoms with Gasteiger partial charge in [-0.05, 0) is 12.1 Å². The van der Waals surface area contributed by atoms with Crippen LogP contribution in [0.4, 0.5) is 4.79 Å². The average molecular weight is 209 g/mol. The van der Waals surface area contributed by atoms with Gasteiger partial charge in [-0.15, -0.1) is 0 Å². The number of hydrogen-bond donors (Lipinski definition) is 2. The minimum atomic E-state index is -0.0205. The van der Waals surface area contributed by atoms with Crippen molar-refractivity contribution in [2.24, 2.45) is 0 Å². The third-order valence-corrected chi connectivity index (χ3v) is 2.39. The number of morpholine rings is 1. The lowest BCUT2D eigenvalue weighted by Gasteiger charge is -2.26. The lowest BCUT2D eigenvalue weighted by molar-refractivity contribution is 0.0531. The van der Waals surface area contributed by atoms with Crippen LogP contribution in [-0.2, 0) is 11.3 Å². The van der Waals surface area contributed by atoms with Crippen LogP contribution >= 0.6 is 0 Å². The third kappa shape index (κ3) is 2.73. The van der Waals surface area contributed by atoms with Gasteiger partial charge in [0.05, 0.1) is 19.8 Å². The van der Waals surface area contributed by atoms with Crippen molar-refractivity contribution >= 4 is 6.03 Å². The fourth-order valence-corrected chi connectivity index (χ4v) is 1.53. The molecular formula is C10H15N3O2. The molecule has 82 valence electrons. The number of aromatic nitrogens is 1. The van der Waals surface area contributed by atoms with Crippen molar-refractivity contribution in [3.8, 4) is 0 Å². The zero-order valence-corrected chi connectivity index (χ0v) is 8.53. The van der Waals surface area contributed by atoms with Gasteiger partial charge in [0.15, 0.2) is 0 Å². The molecule has 1 saturated heterocycles. The standard InChI is InChI=1S/C10H15N3O2/c14-10(13-4-6-15-7-5-13)12-8-9-2-1-3-11-9/h1-3,11H,4-8H2,(H,12,14). The topological polar surface area (TPSA) is 57.4 Å². The molecule has 5 nitrogen and oxygen atoms in total. The Morgan fingerprint density at radius 2 is 2.33 bits per heavy atom. The molecule has 1 aromatic rings. The van der Waals surface area contributed by atoms with Crippen LogP contribution in [0.3, 0.4) is 0 Å². The van der Waals surface area contributed by atoms with Gasteiger partial charge in [0.2, 0.25) is 0 Å². The molecule has 2 heterocycles. The lowest BCUT2D eigenvalue weighted by Crippen LogP contribution is -2.45. The van der Waals surface area contributed by atoms with Gasteiger partial charge >= 0.3 is 6.03 Å². The summed E-state index contributed by atoms with van der Waals surface area (Å²) in [6, 6.07) is 3.84. The monoisotopic (exact) mass is 209 g/mol. The second-order valence-electron chi connectivity index (χ2n) is 3.45. The number of hydrogen-bond acceptors (Lipinski definition) is 2. The molecule has 0 bridgehead atoms. The Morgan fingerprint density at radius 1 is 1.53 bits per heavy atom. The third-order valence-electron chi connectivity index (χ3n) is 2.39. The number of amides is 2. The van der Waals surface area contributed by atoms with Crippen molar-refractivity contribution in [3.05, 3.63) is 24.0 Å². The molecule has 2 amide bonds. The number of urea groups is 1. The van der Waals surface area contributed by atoms with Crippen LogP contribution in [0.1, 0.15) is 5.69 Å².